The Morgan fingerprint density at radius 2 is 1.94 bits per heavy atom. The summed E-state index contributed by atoms with van der Waals surface area (Å²) in [7, 11) is 0. The van der Waals surface area contributed by atoms with Crippen LogP contribution in [0.25, 0.3) is 0 Å². The van der Waals surface area contributed by atoms with Crippen molar-refractivity contribution in [2.24, 2.45) is 5.16 Å². The highest BCUT2D eigenvalue weighted by atomic mass is 35.5. The van der Waals surface area contributed by atoms with E-state index in [2.05, 4.69) is 31.6 Å². The number of amides is 3. The molecule has 1 aromatic carbocycles. The summed E-state index contributed by atoms with van der Waals surface area (Å²) in [6, 6.07) is 8.71. The van der Waals surface area contributed by atoms with E-state index in [-0.39, 0.29) is 29.5 Å². The Morgan fingerprint density at radius 3 is 2.61 bits per heavy atom. The number of rotatable bonds is 5. The van der Waals surface area contributed by atoms with E-state index in [1.165, 1.54) is 0 Å². The van der Waals surface area contributed by atoms with Crippen molar-refractivity contribution >= 4 is 40.8 Å². The third-order valence-corrected chi connectivity index (χ3v) is 4.27. The number of carbonyl (C=O) groups excluding carboxylic acids is 2. The van der Waals surface area contributed by atoms with Crippen LogP contribution >= 0.6 is 11.6 Å². The fourth-order valence-corrected chi connectivity index (χ4v) is 2.71. The van der Waals surface area contributed by atoms with Crippen molar-refractivity contribution in [2.75, 3.05) is 17.2 Å². The first-order valence-electron chi connectivity index (χ1n) is 8.84. The van der Waals surface area contributed by atoms with E-state index in [0.29, 0.717) is 11.9 Å². The average Bonchev–Trinajstić information content (AvgIpc) is 3.20. The summed E-state index contributed by atoms with van der Waals surface area (Å²) in [5, 5.41) is 8.71. The van der Waals surface area contributed by atoms with Crippen molar-refractivity contribution < 1.29 is 27.6 Å². The molecular weight excluding hydrogens is 441 g/mol. The zero-order valence-corrected chi connectivity index (χ0v) is 16.4. The number of carbonyl (C=O) groups is 2. The van der Waals surface area contributed by atoms with Crippen molar-refractivity contribution in [3.8, 4) is 0 Å². The first kappa shape index (κ1) is 22.2. The fourth-order valence-electron chi connectivity index (χ4n) is 2.47. The molecule has 1 aliphatic rings. The highest BCUT2D eigenvalue weighted by Gasteiger charge is 2.32. The summed E-state index contributed by atoms with van der Waals surface area (Å²) >= 11 is 5.82. The molecule has 1 atom stereocenters. The molecule has 0 saturated heterocycles. The van der Waals surface area contributed by atoms with Gasteiger partial charge >= 0.3 is 12.2 Å². The third kappa shape index (κ3) is 6.22. The van der Waals surface area contributed by atoms with Crippen LogP contribution in [0.15, 0.2) is 47.8 Å². The number of hydrogen-bond donors (Lipinski definition) is 4. The fraction of sp³-hybridized carbons (Fsp3) is 0.222. The van der Waals surface area contributed by atoms with Gasteiger partial charge in [-0.1, -0.05) is 35.0 Å². The molecular formula is C18H16ClF3N6O3. The Kier molecular flexibility index (Phi) is 6.80. The van der Waals surface area contributed by atoms with Crippen molar-refractivity contribution in [3.05, 3.63) is 53.2 Å². The van der Waals surface area contributed by atoms with Crippen LogP contribution in [0.1, 0.15) is 12.0 Å². The number of hydrazine groups is 1. The first-order valence-corrected chi connectivity index (χ1v) is 9.22. The number of para-hydroxylation sites is 1. The van der Waals surface area contributed by atoms with Crippen molar-refractivity contribution in [3.63, 3.8) is 0 Å². The lowest BCUT2D eigenvalue weighted by Crippen LogP contribution is -2.46. The largest absolute Gasteiger partial charge is 0.417 e. The van der Waals surface area contributed by atoms with Crippen molar-refractivity contribution in [1.29, 1.82) is 0 Å². The number of oxime groups is 1. The normalized spacial score (nSPS) is 15.5. The molecule has 0 bridgehead atoms. The number of urea groups is 1. The van der Waals surface area contributed by atoms with Crippen molar-refractivity contribution in [1.82, 2.24) is 15.8 Å². The van der Waals surface area contributed by atoms with Gasteiger partial charge in [0.2, 0.25) is 0 Å². The lowest BCUT2D eigenvalue weighted by molar-refractivity contribution is -0.137. The number of benzene rings is 1. The summed E-state index contributed by atoms with van der Waals surface area (Å²) in [5.41, 5.74) is 3.98. The molecule has 0 fully saturated rings. The van der Waals surface area contributed by atoms with Gasteiger partial charge in [0.1, 0.15) is 11.5 Å². The zero-order chi connectivity index (χ0) is 22.4. The Bertz CT molecular complexity index is 987. The summed E-state index contributed by atoms with van der Waals surface area (Å²) < 4.78 is 37.9. The molecule has 1 aliphatic heterocycles. The smallest absolute Gasteiger partial charge is 0.390 e. The number of hydrogen-bond acceptors (Lipinski definition) is 6. The molecule has 3 rings (SSSR count). The van der Waals surface area contributed by atoms with Crippen LogP contribution < -0.4 is 21.5 Å². The average molecular weight is 457 g/mol. The molecule has 31 heavy (non-hydrogen) atoms. The van der Waals surface area contributed by atoms with Gasteiger partial charge in [0, 0.05) is 18.3 Å². The van der Waals surface area contributed by atoms with Crippen LogP contribution in [-0.4, -0.2) is 35.3 Å². The van der Waals surface area contributed by atoms with Gasteiger partial charge in [0.25, 0.3) is 5.91 Å². The van der Waals surface area contributed by atoms with E-state index < -0.39 is 29.8 Å². The monoisotopic (exact) mass is 456 g/mol. The predicted octanol–water partition coefficient (Wildman–Crippen LogP) is 3.16. The van der Waals surface area contributed by atoms with E-state index in [9.17, 15) is 22.8 Å². The summed E-state index contributed by atoms with van der Waals surface area (Å²) in [6.45, 7) is 0.0836. The minimum absolute atomic E-state index is 0.0262. The number of alkyl halides is 3. The summed E-state index contributed by atoms with van der Waals surface area (Å²) in [4.78, 5) is 32.6. The molecule has 0 spiro atoms. The van der Waals surface area contributed by atoms with Gasteiger partial charge in [-0.15, -0.1) is 0 Å². The quantitative estimate of drug-likeness (QED) is 0.516. The van der Waals surface area contributed by atoms with Gasteiger partial charge in [0.15, 0.2) is 6.10 Å². The Hall–Kier alpha value is -3.54. The molecule has 0 saturated carbocycles. The van der Waals surface area contributed by atoms with Crippen LogP contribution in [0.3, 0.4) is 0 Å². The lowest BCUT2D eigenvalue weighted by atomic mass is 10.1. The summed E-state index contributed by atoms with van der Waals surface area (Å²) in [6.07, 6.45) is -4.38. The molecule has 0 aliphatic carbocycles. The number of nitrogens with one attached hydrogen (secondary N) is 4. The van der Waals surface area contributed by atoms with Gasteiger partial charge in [0.05, 0.1) is 17.1 Å². The highest BCUT2D eigenvalue weighted by molar-refractivity contribution is 6.39. The number of nitrogens with zero attached hydrogens (tertiary/aromatic N) is 2. The SMILES string of the molecule is O=C(NNC(=O)C1=NOC(CNc2ncc(C(F)(F)F)cc2Cl)C1)Nc1ccccc1. The maximum absolute atomic E-state index is 12.6. The molecule has 3 amide bonds. The van der Waals surface area contributed by atoms with Gasteiger partial charge in [-0.2, -0.15) is 13.2 Å². The Morgan fingerprint density at radius 1 is 1.19 bits per heavy atom. The Balaban J connectivity index is 1.42. The molecule has 13 heteroatoms. The van der Waals surface area contributed by atoms with E-state index in [0.717, 1.165) is 6.07 Å². The van der Waals surface area contributed by atoms with E-state index in [4.69, 9.17) is 16.4 Å². The highest BCUT2D eigenvalue weighted by Crippen LogP contribution is 2.32. The molecule has 4 N–H and O–H groups in total. The third-order valence-electron chi connectivity index (χ3n) is 3.98. The van der Waals surface area contributed by atoms with Gasteiger partial charge in [-0.25, -0.2) is 15.2 Å². The Labute approximate surface area is 179 Å². The minimum Gasteiger partial charge on any atom is -0.390 e. The number of aromatic nitrogens is 1. The van der Waals surface area contributed by atoms with E-state index in [1.807, 2.05) is 0 Å². The second-order valence-electron chi connectivity index (χ2n) is 6.30. The molecule has 9 nitrogen and oxygen atoms in total. The maximum atomic E-state index is 12.6. The van der Waals surface area contributed by atoms with Crippen molar-refractivity contribution in [2.45, 2.75) is 18.7 Å². The first-order chi connectivity index (χ1) is 14.7. The maximum Gasteiger partial charge on any atom is 0.417 e. The molecule has 2 aromatic rings. The van der Waals surface area contributed by atoms with Crippen LogP contribution in [0.4, 0.5) is 29.5 Å². The van der Waals surface area contributed by atoms with Crippen LogP contribution in [0.5, 0.6) is 0 Å². The number of anilines is 2. The standard InChI is InChI=1S/C18H16ClF3N6O3/c19-13-6-10(18(20,21)22)8-23-15(13)24-9-12-7-14(28-31-12)16(29)26-27-17(30)25-11-4-2-1-3-5-11/h1-6,8,12H,7,9H2,(H,23,24)(H,26,29)(H2,25,27,30). The molecule has 1 unspecified atom stereocenters. The molecule has 2 heterocycles. The van der Waals surface area contributed by atoms with Gasteiger partial charge < -0.3 is 15.5 Å². The van der Waals surface area contributed by atoms with Crippen LogP contribution in [0, 0.1) is 0 Å². The molecule has 1 aromatic heterocycles. The lowest BCUT2D eigenvalue weighted by Gasteiger charge is -2.13. The summed E-state index contributed by atoms with van der Waals surface area (Å²) in [5.74, 6) is -0.633. The topological polar surface area (TPSA) is 117 Å². The second-order valence-corrected chi connectivity index (χ2v) is 6.71. The van der Waals surface area contributed by atoms with Gasteiger partial charge in [-0.3, -0.25) is 10.2 Å². The van der Waals surface area contributed by atoms with Crippen LogP contribution in [0.2, 0.25) is 5.02 Å². The van der Waals surface area contributed by atoms with E-state index in [1.54, 1.807) is 30.3 Å². The second kappa shape index (κ2) is 9.51. The van der Waals surface area contributed by atoms with Crippen LogP contribution in [-0.2, 0) is 15.8 Å². The van der Waals surface area contributed by atoms with Gasteiger partial charge in [-0.05, 0) is 18.2 Å². The molecule has 164 valence electrons. The predicted molar refractivity (Wildman–Crippen MR) is 106 cm³/mol. The number of pyridine rings is 1. The zero-order valence-electron chi connectivity index (χ0n) is 15.7. The minimum atomic E-state index is -4.55. The number of halogens is 4. The molecule has 0 radical (unpaired) electrons. The van der Waals surface area contributed by atoms with E-state index >= 15 is 0 Å².